The van der Waals surface area contributed by atoms with Gasteiger partial charge in [-0.1, -0.05) is 50.2 Å². The average Bonchev–Trinajstić information content (AvgIpc) is 2.48. The highest BCUT2D eigenvalue weighted by molar-refractivity contribution is 5.36. The van der Waals surface area contributed by atoms with Crippen molar-refractivity contribution in [3.8, 4) is 0 Å². The Hall–Kier alpha value is -1.78. The summed E-state index contributed by atoms with van der Waals surface area (Å²) < 4.78 is 27.9. The Bertz CT molecular complexity index is 621. The van der Waals surface area contributed by atoms with Gasteiger partial charge in [0.05, 0.1) is 6.04 Å². The lowest BCUT2D eigenvalue weighted by Gasteiger charge is -2.19. The molecule has 112 valence electrons. The van der Waals surface area contributed by atoms with Crippen LogP contribution in [0.2, 0.25) is 0 Å². The van der Waals surface area contributed by atoms with Gasteiger partial charge in [-0.15, -0.1) is 0 Å². The number of nitrogens with one attached hydrogen (secondary N) is 1. The number of nitrogens with two attached hydrogens (primary N) is 1. The van der Waals surface area contributed by atoms with Gasteiger partial charge >= 0.3 is 0 Å². The molecule has 2 aromatic carbocycles. The first-order chi connectivity index (χ1) is 9.95. The fraction of sp³-hybridized carbons (Fsp3) is 0.294. The number of hydrogen-bond donors (Lipinski definition) is 2. The van der Waals surface area contributed by atoms with E-state index in [0.717, 1.165) is 5.56 Å². The zero-order chi connectivity index (χ0) is 15.6. The maximum absolute atomic E-state index is 14.1. The molecule has 0 fully saturated rings. The monoisotopic (exact) mass is 290 g/mol. The maximum Gasteiger partial charge on any atom is 0.164 e. The van der Waals surface area contributed by atoms with Gasteiger partial charge < -0.3 is 0 Å². The SMILES string of the molecule is Cc1ccc(C(NN)c2ccc(C(C)C)cc2)c(F)c1F. The number of hydrogen-bond acceptors (Lipinski definition) is 2. The summed E-state index contributed by atoms with van der Waals surface area (Å²) in [6.45, 7) is 5.73. The van der Waals surface area contributed by atoms with Crippen LogP contribution in [0.4, 0.5) is 8.78 Å². The molecule has 0 aromatic heterocycles. The summed E-state index contributed by atoms with van der Waals surface area (Å²) in [5.74, 6) is 4.28. The van der Waals surface area contributed by atoms with Crippen molar-refractivity contribution < 1.29 is 8.78 Å². The van der Waals surface area contributed by atoms with Gasteiger partial charge in [0.25, 0.3) is 0 Å². The van der Waals surface area contributed by atoms with Crippen LogP contribution in [0, 0.1) is 18.6 Å². The zero-order valence-corrected chi connectivity index (χ0v) is 12.5. The molecule has 0 saturated heterocycles. The first kappa shape index (κ1) is 15.6. The minimum atomic E-state index is -0.856. The van der Waals surface area contributed by atoms with E-state index in [1.54, 1.807) is 12.1 Å². The predicted molar refractivity (Wildman–Crippen MR) is 80.8 cm³/mol. The Morgan fingerprint density at radius 3 is 2.00 bits per heavy atom. The van der Waals surface area contributed by atoms with Gasteiger partial charge in [-0.3, -0.25) is 5.84 Å². The van der Waals surface area contributed by atoms with Crippen LogP contribution in [0.25, 0.3) is 0 Å². The quantitative estimate of drug-likeness (QED) is 0.661. The molecule has 0 saturated carbocycles. The third kappa shape index (κ3) is 3.12. The highest BCUT2D eigenvalue weighted by Crippen LogP contribution is 2.27. The van der Waals surface area contributed by atoms with Crippen molar-refractivity contribution in [3.63, 3.8) is 0 Å². The Morgan fingerprint density at radius 2 is 1.48 bits per heavy atom. The number of benzene rings is 2. The molecular formula is C17H20F2N2. The van der Waals surface area contributed by atoms with E-state index in [2.05, 4.69) is 19.3 Å². The third-order valence-corrected chi connectivity index (χ3v) is 3.72. The maximum atomic E-state index is 14.1. The number of halogens is 2. The van der Waals surface area contributed by atoms with E-state index in [4.69, 9.17) is 5.84 Å². The summed E-state index contributed by atoms with van der Waals surface area (Å²) in [6.07, 6.45) is 0. The van der Waals surface area contributed by atoms with Gasteiger partial charge in [-0.05, 0) is 29.5 Å². The molecule has 0 radical (unpaired) electrons. The smallest absolute Gasteiger partial charge is 0.164 e. The number of hydrazine groups is 1. The summed E-state index contributed by atoms with van der Waals surface area (Å²) in [5.41, 5.74) is 5.03. The Labute approximate surface area is 124 Å². The second-order valence-corrected chi connectivity index (χ2v) is 5.52. The van der Waals surface area contributed by atoms with Crippen LogP contribution in [0.5, 0.6) is 0 Å². The second-order valence-electron chi connectivity index (χ2n) is 5.52. The van der Waals surface area contributed by atoms with Gasteiger partial charge in [0, 0.05) is 5.56 Å². The summed E-state index contributed by atoms with van der Waals surface area (Å²) in [7, 11) is 0. The average molecular weight is 290 g/mol. The molecule has 0 heterocycles. The van der Waals surface area contributed by atoms with E-state index in [1.165, 1.54) is 12.5 Å². The molecule has 0 aliphatic carbocycles. The van der Waals surface area contributed by atoms with Crippen LogP contribution in [0.1, 0.15) is 48.1 Å². The second kappa shape index (κ2) is 6.33. The highest BCUT2D eigenvalue weighted by Gasteiger charge is 2.20. The normalized spacial score (nSPS) is 12.7. The van der Waals surface area contributed by atoms with Gasteiger partial charge in [0.15, 0.2) is 11.6 Å². The molecule has 0 spiro atoms. The molecule has 0 amide bonds. The van der Waals surface area contributed by atoms with E-state index in [-0.39, 0.29) is 11.1 Å². The van der Waals surface area contributed by atoms with Crippen molar-refractivity contribution in [2.24, 2.45) is 5.84 Å². The molecular weight excluding hydrogens is 270 g/mol. The summed E-state index contributed by atoms with van der Waals surface area (Å²) in [6, 6.07) is 10.3. The molecule has 1 atom stereocenters. The first-order valence-corrected chi connectivity index (χ1v) is 6.96. The summed E-state index contributed by atoms with van der Waals surface area (Å²) in [5, 5.41) is 0. The summed E-state index contributed by atoms with van der Waals surface area (Å²) >= 11 is 0. The summed E-state index contributed by atoms with van der Waals surface area (Å²) in [4.78, 5) is 0. The van der Waals surface area contributed by atoms with Crippen LogP contribution in [0.15, 0.2) is 36.4 Å². The highest BCUT2D eigenvalue weighted by atomic mass is 19.2. The molecule has 2 rings (SSSR count). The van der Waals surface area contributed by atoms with E-state index >= 15 is 0 Å². The minimum absolute atomic E-state index is 0.206. The molecule has 1 unspecified atom stereocenters. The Balaban J connectivity index is 2.42. The third-order valence-electron chi connectivity index (χ3n) is 3.72. The van der Waals surface area contributed by atoms with Crippen LogP contribution < -0.4 is 11.3 Å². The largest absolute Gasteiger partial charge is 0.271 e. The van der Waals surface area contributed by atoms with E-state index in [1.807, 2.05) is 24.3 Å². The van der Waals surface area contributed by atoms with Crippen molar-refractivity contribution >= 4 is 0 Å². The van der Waals surface area contributed by atoms with E-state index in [0.29, 0.717) is 5.92 Å². The van der Waals surface area contributed by atoms with E-state index in [9.17, 15) is 8.78 Å². The Kier molecular flexibility index (Phi) is 4.70. The van der Waals surface area contributed by atoms with Crippen LogP contribution in [-0.4, -0.2) is 0 Å². The molecule has 4 heteroatoms. The standard InChI is InChI=1S/C17H20F2N2/c1-10(2)12-5-7-13(8-6-12)17(21-20)14-9-4-11(3)15(18)16(14)19/h4-10,17,21H,20H2,1-3H3. The first-order valence-electron chi connectivity index (χ1n) is 6.96. The number of rotatable bonds is 4. The van der Waals surface area contributed by atoms with E-state index < -0.39 is 17.7 Å². The lowest BCUT2D eigenvalue weighted by molar-refractivity contribution is 0.478. The van der Waals surface area contributed by atoms with Crippen molar-refractivity contribution in [2.75, 3.05) is 0 Å². The van der Waals surface area contributed by atoms with Crippen LogP contribution >= 0.6 is 0 Å². The van der Waals surface area contributed by atoms with Crippen LogP contribution in [0.3, 0.4) is 0 Å². The fourth-order valence-corrected chi connectivity index (χ4v) is 2.32. The molecule has 3 N–H and O–H groups in total. The van der Waals surface area contributed by atoms with Crippen molar-refractivity contribution in [1.82, 2.24) is 5.43 Å². The molecule has 0 bridgehead atoms. The van der Waals surface area contributed by atoms with Crippen molar-refractivity contribution in [3.05, 3.63) is 70.3 Å². The van der Waals surface area contributed by atoms with Crippen molar-refractivity contribution in [1.29, 1.82) is 0 Å². The number of aryl methyl sites for hydroxylation is 1. The van der Waals surface area contributed by atoms with Gasteiger partial charge in [-0.2, -0.15) is 0 Å². The fourth-order valence-electron chi connectivity index (χ4n) is 2.32. The van der Waals surface area contributed by atoms with Gasteiger partial charge in [0.1, 0.15) is 0 Å². The van der Waals surface area contributed by atoms with Crippen molar-refractivity contribution in [2.45, 2.75) is 32.7 Å². The Morgan fingerprint density at radius 1 is 0.905 bits per heavy atom. The topological polar surface area (TPSA) is 38.0 Å². The lowest BCUT2D eigenvalue weighted by atomic mass is 9.94. The molecule has 2 nitrogen and oxygen atoms in total. The minimum Gasteiger partial charge on any atom is -0.271 e. The predicted octanol–water partition coefficient (Wildman–Crippen LogP) is 3.95. The molecule has 2 aromatic rings. The van der Waals surface area contributed by atoms with Crippen LogP contribution in [-0.2, 0) is 0 Å². The zero-order valence-electron chi connectivity index (χ0n) is 12.5. The molecule has 21 heavy (non-hydrogen) atoms. The van der Waals surface area contributed by atoms with Gasteiger partial charge in [0.2, 0.25) is 0 Å². The lowest BCUT2D eigenvalue weighted by Crippen LogP contribution is -2.29. The molecule has 0 aliphatic rings. The molecule has 0 aliphatic heterocycles. The van der Waals surface area contributed by atoms with Gasteiger partial charge in [-0.25, -0.2) is 14.2 Å².